The molecule has 0 spiro atoms. The van der Waals surface area contributed by atoms with Crippen molar-refractivity contribution in [2.75, 3.05) is 13.2 Å². The van der Waals surface area contributed by atoms with Crippen molar-refractivity contribution in [3.63, 3.8) is 0 Å². The Labute approximate surface area is 121 Å². The lowest BCUT2D eigenvalue weighted by molar-refractivity contribution is 0.0624. The van der Waals surface area contributed by atoms with E-state index < -0.39 is 0 Å². The van der Waals surface area contributed by atoms with Crippen molar-refractivity contribution in [3.8, 4) is 5.69 Å². The van der Waals surface area contributed by atoms with Gasteiger partial charge in [0.1, 0.15) is 5.82 Å². The second-order valence-corrected chi connectivity index (χ2v) is 5.04. The van der Waals surface area contributed by atoms with E-state index in [1.807, 2.05) is 0 Å². The molecule has 1 aromatic carbocycles. The van der Waals surface area contributed by atoms with Gasteiger partial charge in [0.05, 0.1) is 30.1 Å². The first-order chi connectivity index (χ1) is 10.2. The highest BCUT2D eigenvalue weighted by atomic mass is 19.1. The number of nitrogens with one attached hydrogen (secondary N) is 1. The lowest BCUT2D eigenvalue weighted by Crippen LogP contribution is -2.40. The van der Waals surface area contributed by atoms with Gasteiger partial charge < -0.3 is 10.1 Å². The Balaban J connectivity index is 1.69. The second kappa shape index (κ2) is 6.05. The van der Waals surface area contributed by atoms with Crippen LogP contribution in [0.3, 0.4) is 0 Å². The average Bonchev–Trinajstić information content (AvgIpc) is 2.99. The van der Waals surface area contributed by atoms with Gasteiger partial charge in [-0.2, -0.15) is 5.10 Å². The third kappa shape index (κ3) is 3.28. The molecule has 0 unspecified atom stereocenters. The van der Waals surface area contributed by atoms with Crippen LogP contribution in [0.4, 0.5) is 4.39 Å². The van der Waals surface area contributed by atoms with Crippen LogP contribution in [0.15, 0.2) is 36.7 Å². The molecule has 0 aliphatic carbocycles. The van der Waals surface area contributed by atoms with Gasteiger partial charge >= 0.3 is 0 Å². The molecule has 1 saturated heterocycles. The summed E-state index contributed by atoms with van der Waals surface area (Å²) in [6.45, 7) is 1.31. The number of ether oxygens (including phenoxy) is 1. The molecule has 1 aliphatic rings. The molecular formula is C15H16FN3O2. The van der Waals surface area contributed by atoms with Gasteiger partial charge in [-0.3, -0.25) is 4.79 Å². The maximum Gasteiger partial charge on any atom is 0.254 e. The van der Waals surface area contributed by atoms with Crippen LogP contribution in [0, 0.1) is 5.82 Å². The first kappa shape index (κ1) is 13.8. The van der Waals surface area contributed by atoms with E-state index in [4.69, 9.17) is 4.74 Å². The number of halogens is 1. The highest BCUT2D eigenvalue weighted by molar-refractivity contribution is 5.94. The minimum absolute atomic E-state index is 0.0559. The number of benzene rings is 1. The Morgan fingerprint density at radius 1 is 1.38 bits per heavy atom. The summed E-state index contributed by atoms with van der Waals surface area (Å²) in [6.07, 6.45) is 5.02. The molecule has 3 rings (SSSR count). The van der Waals surface area contributed by atoms with Gasteiger partial charge in [-0.15, -0.1) is 0 Å². The summed E-state index contributed by atoms with van der Waals surface area (Å²) < 4.78 is 19.8. The molecule has 0 bridgehead atoms. The van der Waals surface area contributed by atoms with E-state index >= 15 is 0 Å². The molecule has 21 heavy (non-hydrogen) atoms. The molecule has 1 fully saturated rings. The van der Waals surface area contributed by atoms with Crippen molar-refractivity contribution in [2.45, 2.75) is 18.9 Å². The maximum atomic E-state index is 12.9. The quantitative estimate of drug-likeness (QED) is 0.939. The minimum Gasteiger partial charge on any atom is -0.379 e. The van der Waals surface area contributed by atoms with Crippen molar-refractivity contribution < 1.29 is 13.9 Å². The molecule has 110 valence electrons. The SMILES string of the molecule is O=C(N[C@H]1CCCOC1)c1cnn(-c2ccc(F)cc2)c1. The molecular weight excluding hydrogens is 273 g/mol. The lowest BCUT2D eigenvalue weighted by atomic mass is 10.1. The molecule has 0 saturated carbocycles. The molecule has 2 heterocycles. The predicted molar refractivity (Wildman–Crippen MR) is 74.8 cm³/mol. The number of hydrogen-bond donors (Lipinski definition) is 1. The number of rotatable bonds is 3. The number of amides is 1. The lowest BCUT2D eigenvalue weighted by Gasteiger charge is -2.22. The molecule has 1 atom stereocenters. The Hall–Kier alpha value is -2.21. The zero-order valence-corrected chi connectivity index (χ0v) is 11.5. The van der Waals surface area contributed by atoms with Crippen molar-refractivity contribution in [3.05, 3.63) is 48.0 Å². The highest BCUT2D eigenvalue weighted by Crippen LogP contribution is 2.11. The van der Waals surface area contributed by atoms with Crippen LogP contribution in [0.1, 0.15) is 23.2 Å². The minimum atomic E-state index is -0.304. The second-order valence-electron chi connectivity index (χ2n) is 5.04. The van der Waals surface area contributed by atoms with Crippen molar-refractivity contribution in [1.29, 1.82) is 0 Å². The van der Waals surface area contributed by atoms with Gasteiger partial charge in [0.2, 0.25) is 0 Å². The summed E-state index contributed by atoms with van der Waals surface area (Å²) in [4.78, 5) is 12.1. The van der Waals surface area contributed by atoms with Crippen LogP contribution in [0.25, 0.3) is 5.69 Å². The summed E-state index contributed by atoms with van der Waals surface area (Å²) in [6, 6.07) is 5.99. The standard InChI is InChI=1S/C15H16FN3O2/c16-12-3-5-14(6-4-12)19-9-11(8-17-19)15(20)18-13-2-1-7-21-10-13/h3-6,8-9,13H,1-2,7,10H2,(H,18,20)/t13-/m0/s1. The Morgan fingerprint density at radius 2 is 2.19 bits per heavy atom. The van der Waals surface area contributed by atoms with Crippen LogP contribution in [0.2, 0.25) is 0 Å². The fourth-order valence-corrected chi connectivity index (χ4v) is 2.30. The normalized spacial score (nSPS) is 18.4. The zero-order valence-electron chi connectivity index (χ0n) is 11.5. The summed E-state index contributed by atoms with van der Waals surface area (Å²) in [5, 5.41) is 7.06. The average molecular weight is 289 g/mol. The molecule has 6 heteroatoms. The van der Waals surface area contributed by atoms with E-state index in [0.29, 0.717) is 17.9 Å². The molecule has 1 N–H and O–H groups in total. The first-order valence-electron chi connectivity index (χ1n) is 6.91. The van der Waals surface area contributed by atoms with Gasteiger partial charge in [-0.1, -0.05) is 0 Å². The molecule has 1 amide bonds. The molecule has 2 aromatic rings. The fourth-order valence-electron chi connectivity index (χ4n) is 2.30. The van der Waals surface area contributed by atoms with Gasteiger partial charge in [0.15, 0.2) is 0 Å². The summed E-state index contributed by atoms with van der Waals surface area (Å²) in [5.41, 5.74) is 1.18. The van der Waals surface area contributed by atoms with E-state index in [1.54, 1.807) is 23.0 Å². The maximum absolute atomic E-state index is 12.9. The molecule has 0 radical (unpaired) electrons. The monoisotopic (exact) mass is 289 g/mol. The first-order valence-corrected chi connectivity index (χ1v) is 6.91. The van der Waals surface area contributed by atoms with E-state index in [1.165, 1.54) is 18.3 Å². The van der Waals surface area contributed by atoms with Crippen LogP contribution in [0.5, 0.6) is 0 Å². The smallest absolute Gasteiger partial charge is 0.254 e. The summed E-state index contributed by atoms with van der Waals surface area (Å²) in [7, 11) is 0. The van der Waals surface area contributed by atoms with Gasteiger partial charge in [-0.05, 0) is 37.1 Å². The predicted octanol–water partition coefficient (Wildman–Crippen LogP) is 1.92. The van der Waals surface area contributed by atoms with Gasteiger partial charge in [0, 0.05) is 12.8 Å². The third-order valence-electron chi connectivity index (χ3n) is 3.43. The molecule has 5 nitrogen and oxygen atoms in total. The van der Waals surface area contributed by atoms with E-state index in [0.717, 1.165) is 19.4 Å². The van der Waals surface area contributed by atoms with Crippen LogP contribution in [-0.2, 0) is 4.74 Å². The van der Waals surface area contributed by atoms with Crippen molar-refractivity contribution >= 4 is 5.91 Å². The number of aromatic nitrogens is 2. The van der Waals surface area contributed by atoms with Gasteiger partial charge in [0.25, 0.3) is 5.91 Å². The number of hydrogen-bond acceptors (Lipinski definition) is 3. The van der Waals surface area contributed by atoms with Crippen LogP contribution < -0.4 is 5.32 Å². The van der Waals surface area contributed by atoms with E-state index in [9.17, 15) is 9.18 Å². The van der Waals surface area contributed by atoms with Gasteiger partial charge in [-0.25, -0.2) is 9.07 Å². The van der Waals surface area contributed by atoms with E-state index in [-0.39, 0.29) is 17.8 Å². The summed E-state index contributed by atoms with van der Waals surface area (Å²) in [5.74, 6) is -0.472. The number of carbonyl (C=O) groups excluding carboxylic acids is 1. The molecule has 1 aromatic heterocycles. The Kier molecular flexibility index (Phi) is 3.96. The zero-order chi connectivity index (χ0) is 14.7. The van der Waals surface area contributed by atoms with E-state index in [2.05, 4.69) is 10.4 Å². The third-order valence-corrected chi connectivity index (χ3v) is 3.43. The topological polar surface area (TPSA) is 56.1 Å². The van der Waals surface area contributed by atoms with Crippen molar-refractivity contribution in [1.82, 2.24) is 15.1 Å². The molecule has 1 aliphatic heterocycles. The van der Waals surface area contributed by atoms with Crippen LogP contribution in [-0.4, -0.2) is 34.9 Å². The number of carbonyl (C=O) groups is 1. The largest absolute Gasteiger partial charge is 0.379 e. The Morgan fingerprint density at radius 3 is 2.90 bits per heavy atom. The Bertz CT molecular complexity index is 618. The highest BCUT2D eigenvalue weighted by Gasteiger charge is 2.18. The number of nitrogens with zero attached hydrogens (tertiary/aromatic N) is 2. The summed E-state index contributed by atoms with van der Waals surface area (Å²) >= 11 is 0. The van der Waals surface area contributed by atoms with Crippen LogP contribution >= 0.6 is 0 Å². The fraction of sp³-hybridized carbons (Fsp3) is 0.333. The van der Waals surface area contributed by atoms with Crippen molar-refractivity contribution in [2.24, 2.45) is 0 Å².